The van der Waals surface area contributed by atoms with E-state index in [9.17, 15) is 18.8 Å². The zero-order valence-corrected chi connectivity index (χ0v) is 19.7. The molecule has 186 valence electrons. The van der Waals surface area contributed by atoms with Crippen LogP contribution in [0.1, 0.15) is 33.6 Å². The lowest BCUT2D eigenvalue weighted by Crippen LogP contribution is -2.56. The van der Waals surface area contributed by atoms with E-state index in [2.05, 4.69) is 5.32 Å². The highest BCUT2D eigenvalue weighted by atomic mass is 19.1. The van der Waals surface area contributed by atoms with E-state index in [1.807, 2.05) is 0 Å². The molecule has 35 heavy (non-hydrogen) atoms. The van der Waals surface area contributed by atoms with Crippen LogP contribution in [0.5, 0.6) is 5.75 Å². The summed E-state index contributed by atoms with van der Waals surface area (Å²) in [4.78, 5) is 42.8. The number of hydrogen-bond acceptors (Lipinski definition) is 5. The molecule has 2 aromatic rings. The first kappa shape index (κ1) is 24.7. The van der Waals surface area contributed by atoms with E-state index < -0.39 is 17.8 Å². The van der Waals surface area contributed by atoms with E-state index in [-0.39, 0.29) is 17.7 Å². The van der Waals surface area contributed by atoms with Gasteiger partial charge in [-0.1, -0.05) is 0 Å². The Hall–Kier alpha value is -3.46. The molecule has 9 heteroatoms. The van der Waals surface area contributed by atoms with Crippen molar-refractivity contribution >= 4 is 17.7 Å². The predicted molar refractivity (Wildman–Crippen MR) is 127 cm³/mol. The fraction of sp³-hybridized carbons (Fsp3) is 0.423. The average Bonchev–Trinajstić information content (AvgIpc) is 2.92. The molecule has 1 atom stereocenters. The van der Waals surface area contributed by atoms with Gasteiger partial charge < -0.3 is 24.6 Å². The van der Waals surface area contributed by atoms with Gasteiger partial charge in [0, 0.05) is 37.3 Å². The van der Waals surface area contributed by atoms with Crippen LogP contribution in [0.25, 0.3) is 0 Å². The lowest BCUT2D eigenvalue weighted by molar-refractivity contribution is -0.139. The summed E-state index contributed by atoms with van der Waals surface area (Å²) in [6, 6.07) is 11.5. The molecule has 1 N–H and O–H groups in total. The van der Waals surface area contributed by atoms with Gasteiger partial charge in [0.2, 0.25) is 5.91 Å². The quantitative estimate of drug-likeness (QED) is 0.682. The maximum atomic E-state index is 13.4. The van der Waals surface area contributed by atoms with E-state index in [1.54, 1.807) is 41.2 Å². The molecule has 2 aromatic carbocycles. The summed E-state index contributed by atoms with van der Waals surface area (Å²) >= 11 is 0. The number of ether oxygens (including phenoxy) is 2. The second-order valence-corrected chi connectivity index (χ2v) is 8.75. The monoisotopic (exact) mass is 483 g/mol. The van der Waals surface area contributed by atoms with Crippen LogP contribution in [0, 0.1) is 11.7 Å². The highest BCUT2D eigenvalue weighted by Gasteiger charge is 2.36. The Bertz CT molecular complexity index is 1030. The van der Waals surface area contributed by atoms with Crippen molar-refractivity contribution in [2.75, 3.05) is 46.5 Å². The molecule has 2 aliphatic rings. The van der Waals surface area contributed by atoms with Crippen molar-refractivity contribution in [2.24, 2.45) is 5.92 Å². The molecule has 0 spiro atoms. The Morgan fingerprint density at radius 3 is 2.11 bits per heavy atom. The van der Waals surface area contributed by atoms with Gasteiger partial charge in [-0.15, -0.1) is 0 Å². The Kier molecular flexibility index (Phi) is 7.97. The third-order valence-electron chi connectivity index (χ3n) is 6.62. The second-order valence-electron chi connectivity index (χ2n) is 8.75. The number of carbonyl (C=O) groups is 3. The Labute approximate surface area is 204 Å². The molecule has 2 heterocycles. The van der Waals surface area contributed by atoms with Gasteiger partial charge >= 0.3 is 0 Å². The fourth-order valence-corrected chi connectivity index (χ4v) is 4.54. The topological polar surface area (TPSA) is 88.2 Å². The normalized spacial score (nSPS) is 17.5. The summed E-state index contributed by atoms with van der Waals surface area (Å²) < 4.78 is 23.8. The summed E-state index contributed by atoms with van der Waals surface area (Å²) in [6.45, 7) is 2.81. The number of nitrogens with one attached hydrogen (secondary N) is 1. The van der Waals surface area contributed by atoms with Crippen LogP contribution in [0.15, 0.2) is 48.5 Å². The van der Waals surface area contributed by atoms with Crippen LogP contribution in [0.3, 0.4) is 0 Å². The highest BCUT2D eigenvalue weighted by molar-refractivity contribution is 5.98. The Morgan fingerprint density at radius 2 is 1.51 bits per heavy atom. The molecule has 1 unspecified atom stereocenters. The van der Waals surface area contributed by atoms with Gasteiger partial charge in [-0.3, -0.25) is 14.4 Å². The van der Waals surface area contributed by atoms with Gasteiger partial charge in [-0.25, -0.2) is 4.39 Å². The smallest absolute Gasteiger partial charge is 0.253 e. The highest BCUT2D eigenvalue weighted by Crippen LogP contribution is 2.25. The van der Waals surface area contributed by atoms with E-state index in [0.717, 1.165) is 0 Å². The third-order valence-corrected chi connectivity index (χ3v) is 6.62. The van der Waals surface area contributed by atoms with Crippen LogP contribution in [-0.4, -0.2) is 80.1 Å². The van der Waals surface area contributed by atoms with Crippen LogP contribution in [0.4, 0.5) is 4.39 Å². The third kappa shape index (κ3) is 5.97. The molecule has 0 aliphatic carbocycles. The molecule has 2 fully saturated rings. The fourth-order valence-electron chi connectivity index (χ4n) is 4.54. The van der Waals surface area contributed by atoms with Crippen molar-refractivity contribution in [1.82, 2.24) is 15.1 Å². The SMILES string of the molecule is COc1ccc(C(=O)N2CCC(C(NC(=O)c3ccc(F)cc3)C(=O)N3CCOCC3)CC2)cc1. The summed E-state index contributed by atoms with van der Waals surface area (Å²) in [5, 5.41) is 2.90. The Morgan fingerprint density at radius 1 is 0.914 bits per heavy atom. The van der Waals surface area contributed by atoms with Crippen LogP contribution in [0.2, 0.25) is 0 Å². The minimum Gasteiger partial charge on any atom is -0.497 e. The number of nitrogens with zero attached hydrogens (tertiary/aromatic N) is 2. The first-order valence-electron chi connectivity index (χ1n) is 11.8. The number of piperidine rings is 1. The first-order valence-corrected chi connectivity index (χ1v) is 11.8. The van der Waals surface area contributed by atoms with E-state index in [0.29, 0.717) is 69.1 Å². The zero-order chi connectivity index (χ0) is 24.8. The number of methoxy groups -OCH3 is 1. The molecular formula is C26H30FN3O5. The van der Waals surface area contributed by atoms with Gasteiger partial charge in [-0.2, -0.15) is 0 Å². The van der Waals surface area contributed by atoms with Crippen molar-refractivity contribution in [3.8, 4) is 5.75 Å². The van der Waals surface area contributed by atoms with Crippen LogP contribution >= 0.6 is 0 Å². The molecule has 3 amide bonds. The molecule has 0 saturated carbocycles. The number of morpholine rings is 1. The van der Waals surface area contributed by atoms with Crippen molar-refractivity contribution in [3.63, 3.8) is 0 Å². The minimum atomic E-state index is -0.733. The standard InChI is InChI=1S/C26H30FN3O5/c1-34-22-8-4-20(5-9-22)25(32)29-12-10-18(11-13-29)23(26(33)30-14-16-35-17-15-30)28-24(31)19-2-6-21(27)7-3-19/h2-9,18,23H,10-17H2,1H3,(H,28,31). The molecule has 8 nitrogen and oxygen atoms in total. The number of amides is 3. The van der Waals surface area contributed by atoms with E-state index in [1.165, 1.54) is 24.3 Å². The van der Waals surface area contributed by atoms with Gasteiger partial charge in [0.25, 0.3) is 11.8 Å². The van der Waals surface area contributed by atoms with E-state index >= 15 is 0 Å². The minimum absolute atomic E-state index is 0.0718. The average molecular weight is 484 g/mol. The molecule has 2 saturated heterocycles. The van der Waals surface area contributed by atoms with Gasteiger partial charge in [-0.05, 0) is 67.3 Å². The van der Waals surface area contributed by atoms with Gasteiger partial charge in [0.05, 0.1) is 20.3 Å². The van der Waals surface area contributed by atoms with Gasteiger partial charge in [0.15, 0.2) is 0 Å². The molecule has 0 bridgehead atoms. The number of likely N-dealkylation sites (tertiary alicyclic amines) is 1. The molecular weight excluding hydrogens is 453 g/mol. The lowest BCUT2D eigenvalue weighted by Gasteiger charge is -2.38. The zero-order valence-electron chi connectivity index (χ0n) is 19.7. The summed E-state index contributed by atoms with van der Waals surface area (Å²) in [5.41, 5.74) is 0.869. The van der Waals surface area contributed by atoms with Crippen molar-refractivity contribution in [1.29, 1.82) is 0 Å². The summed E-state index contributed by atoms with van der Waals surface area (Å²) in [6.07, 6.45) is 1.15. The second kappa shape index (κ2) is 11.3. The maximum absolute atomic E-state index is 13.4. The first-order chi connectivity index (χ1) is 17.0. The largest absolute Gasteiger partial charge is 0.497 e. The van der Waals surface area contributed by atoms with Crippen molar-refractivity contribution < 1.29 is 28.2 Å². The van der Waals surface area contributed by atoms with Crippen LogP contribution in [-0.2, 0) is 9.53 Å². The summed E-state index contributed by atoms with van der Waals surface area (Å²) in [5.74, 6) is -0.526. The van der Waals surface area contributed by atoms with Crippen LogP contribution < -0.4 is 10.1 Å². The number of hydrogen-bond donors (Lipinski definition) is 1. The summed E-state index contributed by atoms with van der Waals surface area (Å²) in [7, 11) is 1.57. The maximum Gasteiger partial charge on any atom is 0.253 e. The van der Waals surface area contributed by atoms with Crippen molar-refractivity contribution in [2.45, 2.75) is 18.9 Å². The van der Waals surface area contributed by atoms with Crippen molar-refractivity contribution in [3.05, 3.63) is 65.5 Å². The molecule has 4 rings (SSSR count). The van der Waals surface area contributed by atoms with Gasteiger partial charge in [0.1, 0.15) is 17.6 Å². The molecule has 0 radical (unpaired) electrons. The molecule has 0 aromatic heterocycles. The predicted octanol–water partition coefficient (Wildman–Crippen LogP) is 2.34. The number of rotatable bonds is 6. The lowest BCUT2D eigenvalue weighted by atomic mass is 9.87. The Balaban J connectivity index is 1.44. The molecule has 2 aliphatic heterocycles. The number of carbonyl (C=O) groups excluding carboxylic acids is 3. The number of benzene rings is 2. The van der Waals surface area contributed by atoms with E-state index in [4.69, 9.17) is 9.47 Å². The number of halogens is 1.